The molecule has 0 bridgehead atoms. The van der Waals surface area contributed by atoms with Crippen LogP contribution < -0.4 is 5.32 Å². The summed E-state index contributed by atoms with van der Waals surface area (Å²) >= 11 is 0. The third-order valence-electron chi connectivity index (χ3n) is 5.01. The van der Waals surface area contributed by atoms with Gasteiger partial charge in [-0.3, -0.25) is 9.69 Å². The molecule has 6 nitrogen and oxygen atoms in total. The smallest absolute Gasteiger partial charge is 0.222 e. The van der Waals surface area contributed by atoms with Gasteiger partial charge in [-0.05, 0) is 45.2 Å². The number of piperidine rings is 1. The topological polar surface area (TPSA) is 61.6 Å². The van der Waals surface area contributed by atoms with Crippen LogP contribution in [0.1, 0.15) is 37.1 Å². The summed E-state index contributed by atoms with van der Waals surface area (Å²) < 4.78 is 5.11. The number of nitrogens with one attached hydrogen (secondary N) is 1. The van der Waals surface area contributed by atoms with Gasteiger partial charge in [0.1, 0.15) is 5.76 Å². The maximum Gasteiger partial charge on any atom is 0.222 e. The first-order valence-electron chi connectivity index (χ1n) is 8.84. The normalized spacial score (nSPS) is 20.8. The first-order valence-corrected chi connectivity index (χ1v) is 8.84. The van der Waals surface area contributed by atoms with Crippen molar-refractivity contribution in [3.63, 3.8) is 0 Å². The van der Waals surface area contributed by atoms with Crippen LogP contribution in [-0.2, 0) is 11.3 Å². The molecule has 3 heterocycles. The van der Waals surface area contributed by atoms with Crippen LogP contribution in [0.4, 0.5) is 0 Å². The quantitative estimate of drug-likeness (QED) is 0.889. The molecule has 2 aliphatic rings. The minimum atomic E-state index is 0.334. The summed E-state index contributed by atoms with van der Waals surface area (Å²) in [5, 5.41) is 7.42. The third kappa shape index (κ3) is 4.78. The van der Waals surface area contributed by atoms with E-state index in [0.29, 0.717) is 12.3 Å². The number of carbonyl (C=O) groups is 1. The van der Waals surface area contributed by atoms with Gasteiger partial charge in [0, 0.05) is 45.2 Å². The molecular weight excluding hydrogens is 292 g/mol. The lowest BCUT2D eigenvalue weighted by molar-refractivity contribution is -0.133. The molecule has 0 saturated carbocycles. The molecule has 1 aromatic heterocycles. The first-order chi connectivity index (χ1) is 11.2. The summed E-state index contributed by atoms with van der Waals surface area (Å²) in [6.45, 7) is 8.46. The Morgan fingerprint density at radius 2 is 2.04 bits per heavy atom. The van der Waals surface area contributed by atoms with Gasteiger partial charge >= 0.3 is 0 Å². The molecule has 0 atom stereocenters. The molecule has 2 aliphatic heterocycles. The number of carbonyl (C=O) groups excluding carboxylic acids is 1. The maximum absolute atomic E-state index is 12.4. The van der Waals surface area contributed by atoms with E-state index >= 15 is 0 Å². The molecular formula is C17H28N4O2. The number of amides is 1. The minimum Gasteiger partial charge on any atom is -0.361 e. The predicted octanol–water partition coefficient (Wildman–Crippen LogP) is 1.41. The molecule has 1 amide bonds. The largest absolute Gasteiger partial charge is 0.361 e. The van der Waals surface area contributed by atoms with Crippen LogP contribution >= 0.6 is 0 Å². The summed E-state index contributed by atoms with van der Waals surface area (Å²) in [5.41, 5.74) is 0.980. The van der Waals surface area contributed by atoms with Crippen molar-refractivity contribution in [3.05, 3.63) is 17.5 Å². The molecule has 1 aromatic rings. The fraction of sp³-hybridized carbons (Fsp3) is 0.765. The van der Waals surface area contributed by atoms with E-state index in [-0.39, 0.29) is 0 Å². The summed E-state index contributed by atoms with van der Waals surface area (Å²) in [6.07, 6.45) is 4.21. The molecule has 0 aromatic carbocycles. The molecule has 0 aliphatic carbocycles. The van der Waals surface area contributed by atoms with Gasteiger partial charge in [0.15, 0.2) is 0 Å². The molecule has 3 rings (SSSR count). The van der Waals surface area contributed by atoms with Crippen molar-refractivity contribution in [2.24, 2.45) is 5.92 Å². The van der Waals surface area contributed by atoms with Crippen LogP contribution in [0.3, 0.4) is 0 Å². The minimum absolute atomic E-state index is 0.334. The summed E-state index contributed by atoms with van der Waals surface area (Å²) in [4.78, 5) is 16.7. The second kappa shape index (κ2) is 7.93. The SMILES string of the molecule is Cc1cc(CN2CCN(C(=O)CCC3CCNCC3)CC2)no1. The number of nitrogens with zero attached hydrogens (tertiary/aromatic N) is 3. The van der Waals surface area contributed by atoms with E-state index < -0.39 is 0 Å². The van der Waals surface area contributed by atoms with Gasteiger partial charge in [-0.1, -0.05) is 5.16 Å². The Labute approximate surface area is 138 Å². The molecule has 2 saturated heterocycles. The highest BCUT2D eigenvalue weighted by Crippen LogP contribution is 2.19. The number of hydrogen-bond donors (Lipinski definition) is 1. The van der Waals surface area contributed by atoms with Crippen molar-refractivity contribution in [1.82, 2.24) is 20.3 Å². The van der Waals surface area contributed by atoms with E-state index in [0.717, 1.165) is 69.6 Å². The Hall–Kier alpha value is -1.40. The summed E-state index contributed by atoms with van der Waals surface area (Å²) in [6, 6.07) is 1.98. The Balaban J connectivity index is 1.37. The van der Waals surface area contributed by atoms with E-state index in [9.17, 15) is 4.79 Å². The van der Waals surface area contributed by atoms with E-state index in [1.807, 2.05) is 17.9 Å². The second-order valence-electron chi connectivity index (χ2n) is 6.82. The van der Waals surface area contributed by atoms with Crippen LogP contribution in [0, 0.1) is 12.8 Å². The highest BCUT2D eigenvalue weighted by molar-refractivity contribution is 5.76. The van der Waals surface area contributed by atoms with Crippen molar-refractivity contribution >= 4 is 5.91 Å². The predicted molar refractivity (Wildman–Crippen MR) is 87.9 cm³/mol. The zero-order valence-corrected chi connectivity index (χ0v) is 14.1. The fourth-order valence-electron chi connectivity index (χ4n) is 3.53. The van der Waals surface area contributed by atoms with Gasteiger partial charge in [-0.2, -0.15) is 0 Å². The van der Waals surface area contributed by atoms with Crippen LogP contribution in [0.2, 0.25) is 0 Å². The number of hydrogen-bond acceptors (Lipinski definition) is 5. The zero-order valence-electron chi connectivity index (χ0n) is 14.1. The molecule has 0 radical (unpaired) electrons. The zero-order chi connectivity index (χ0) is 16.1. The fourth-order valence-corrected chi connectivity index (χ4v) is 3.53. The summed E-state index contributed by atoms with van der Waals surface area (Å²) in [5.74, 6) is 1.92. The van der Waals surface area contributed by atoms with Gasteiger partial charge in [0.25, 0.3) is 0 Å². The van der Waals surface area contributed by atoms with Gasteiger partial charge in [0.2, 0.25) is 5.91 Å². The average molecular weight is 320 g/mol. The lowest BCUT2D eigenvalue weighted by Crippen LogP contribution is -2.48. The van der Waals surface area contributed by atoms with Crippen molar-refractivity contribution in [1.29, 1.82) is 0 Å². The van der Waals surface area contributed by atoms with Crippen LogP contribution in [0.15, 0.2) is 10.6 Å². The number of rotatable bonds is 5. The number of piperazine rings is 1. The van der Waals surface area contributed by atoms with Crippen LogP contribution in [0.5, 0.6) is 0 Å². The molecule has 23 heavy (non-hydrogen) atoms. The van der Waals surface area contributed by atoms with E-state index in [1.165, 1.54) is 12.8 Å². The second-order valence-corrected chi connectivity index (χ2v) is 6.82. The monoisotopic (exact) mass is 320 g/mol. The van der Waals surface area contributed by atoms with Gasteiger partial charge < -0.3 is 14.7 Å². The van der Waals surface area contributed by atoms with Crippen molar-refractivity contribution in [2.45, 2.75) is 39.2 Å². The Kier molecular flexibility index (Phi) is 5.67. The van der Waals surface area contributed by atoms with Crippen molar-refractivity contribution in [3.8, 4) is 0 Å². The van der Waals surface area contributed by atoms with Gasteiger partial charge in [-0.15, -0.1) is 0 Å². The lowest BCUT2D eigenvalue weighted by Gasteiger charge is -2.34. The standard InChI is InChI=1S/C17H28N4O2/c1-14-12-16(19-23-14)13-20-8-10-21(11-9-20)17(22)3-2-15-4-6-18-7-5-15/h12,15,18H,2-11,13H2,1H3. The van der Waals surface area contributed by atoms with Crippen molar-refractivity contribution < 1.29 is 9.32 Å². The first kappa shape index (κ1) is 16.5. The van der Waals surface area contributed by atoms with Gasteiger partial charge in [-0.25, -0.2) is 0 Å². The average Bonchev–Trinajstić information content (AvgIpc) is 2.99. The van der Waals surface area contributed by atoms with Crippen LogP contribution in [-0.4, -0.2) is 60.1 Å². The summed E-state index contributed by atoms with van der Waals surface area (Å²) in [7, 11) is 0. The molecule has 2 fully saturated rings. The molecule has 0 unspecified atom stereocenters. The van der Waals surface area contributed by atoms with Crippen LogP contribution in [0.25, 0.3) is 0 Å². The number of aromatic nitrogens is 1. The Bertz CT molecular complexity index is 502. The van der Waals surface area contributed by atoms with Crippen molar-refractivity contribution in [2.75, 3.05) is 39.3 Å². The molecule has 0 spiro atoms. The van der Waals surface area contributed by atoms with Gasteiger partial charge in [0.05, 0.1) is 5.69 Å². The van der Waals surface area contributed by atoms with E-state index in [2.05, 4.69) is 15.4 Å². The Morgan fingerprint density at radius 3 is 2.70 bits per heavy atom. The molecule has 1 N–H and O–H groups in total. The lowest BCUT2D eigenvalue weighted by atomic mass is 9.93. The molecule has 6 heteroatoms. The highest BCUT2D eigenvalue weighted by atomic mass is 16.5. The molecule has 128 valence electrons. The highest BCUT2D eigenvalue weighted by Gasteiger charge is 2.23. The number of aryl methyl sites for hydroxylation is 1. The maximum atomic E-state index is 12.4. The third-order valence-corrected chi connectivity index (χ3v) is 5.01. The van der Waals surface area contributed by atoms with E-state index in [4.69, 9.17) is 4.52 Å². The Morgan fingerprint density at radius 1 is 1.30 bits per heavy atom. The van der Waals surface area contributed by atoms with E-state index in [1.54, 1.807) is 0 Å².